The van der Waals surface area contributed by atoms with Crippen molar-refractivity contribution < 1.29 is 4.79 Å². The van der Waals surface area contributed by atoms with Crippen LogP contribution >= 0.6 is 11.6 Å². The fraction of sp³-hybridized carbons (Fsp3) is 0.321. The topological polar surface area (TPSA) is 90.4 Å². The van der Waals surface area contributed by atoms with Crippen LogP contribution in [0.4, 0.5) is 0 Å². The van der Waals surface area contributed by atoms with Crippen molar-refractivity contribution in [2.24, 2.45) is 0 Å². The van der Waals surface area contributed by atoms with Gasteiger partial charge in [0, 0.05) is 49.2 Å². The third-order valence-corrected chi connectivity index (χ3v) is 6.89. The second-order valence-electron chi connectivity index (χ2n) is 10.3. The molecule has 0 atom stereocenters. The van der Waals surface area contributed by atoms with E-state index in [1.54, 1.807) is 35.0 Å². The molecule has 188 valence electrons. The number of nitriles is 1. The first kappa shape index (κ1) is 24.9. The van der Waals surface area contributed by atoms with Gasteiger partial charge in [-0.1, -0.05) is 23.7 Å². The highest BCUT2D eigenvalue weighted by Gasteiger charge is 2.29. The zero-order valence-corrected chi connectivity index (χ0v) is 22.1. The number of fused-ring (bicyclic) bond motifs is 1. The summed E-state index contributed by atoms with van der Waals surface area (Å²) in [6.45, 7) is 11.4. The molecule has 37 heavy (non-hydrogen) atoms. The molecule has 1 saturated heterocycles. The molecule has 0 spiro atoms. The molecule has 0 N–H and O–H groups in total. The van der Waals surface area contributed by atoms with Crippen LogP contribution in [-0.2, 0) is 0 Å². The molecule has 1 amide bonds. The largest absolute Gasteiger partial charge is 0.335 e. The lowest BCUT2D eigenvalue weighted by atomic mass is 10.00. The zero-order valence-electron chi connectivity index (χ0n) is 21.4. The van der Waals surface area contributed by atoms with E-state index in [4.69, 9.17) is 21.7 Å². The summed E-state index contributed by atoms with van der Waals surface area (Å²) >= 11 is 6.32. The molecule has 5 rings (SSSR count). The number of halogens is 1. The van der Waals surface area contributed by atoms with Crippen LogP contribution in [0.1, 0.15) is 42.5 Å². The van der Waals surface area contributed by atoms with Crippen molar-refractivity contribution >= 4 is 23.2 Å². The predicted octanol–water partition coefficient (Wildman–Crippen LogP) is 4.85. The van der Waals surface area contributed by atoms with Crippen LogP contribution in [0, 0.1) is 18.3 Å². The van der Waals surface area contributed by atoms with Gasteiger partial charge in [0.05, 0.1) is 17.2 Å². The summed E-state index contributed by atoms with van der Waals surface area (Å²) in [5, 5.41) is 14.6. The molecule has 3 aromatic heterocycles. The van der Waals surface area contributed by atoms with Crippen LogP contribution in [0.5, 0.6) is 0 Å². The molecule has 0 unspecified atom stereocenters. The van der Waals surface area contributed by atoms with Gasteiger partial charge in [-0.25, -0.2) is 14.5 Å². The number of amides is 1. The maximum Gasteiger partial charge on any atom is 0.272 e. The van der Waals surface area contributed by atoms with Crippen molar-refractivity contribution in [2.45, 2.75) is 33.2 Å². The fourth-order valence-electron chi connectivity index (χ4n) is 4.77. The Kier molecular flexibility index (Phi) is 6.44. The van der Waals surface area contributed by atoms with E-state index < -0.39 is 0 Å². The molecule has 0 bridgehead atoms. The first-order chi connectivity index (χ1) is 17.6. The minimum absolute atomic E-state index is 0.0714. The fourth-order valence-corrected chi connectivity index (χ4v) is 5.02. The Bertz CT molecular complexity index is 1520. The number of piperazine rings is 1. The molecular formula is C28H28ClN7O. The Balaban J connectivity index is 1.60. The lowest BCUT2D eigenvalue weighted by molar-refractivity contribution is 0.0447. The van der Waals surface area contributed by atoms with Crippen molar-refractivity contribution in [2.75, 3.05) is 26.2 Å². The van der Waals surface area contributed by atoms with Gasteiger partial charge in [-0.05, 0) is 63.6 Å². The maximum absolute atomic E-state index is 13.5. The smallest absolute Gasteiger partial charge is 0.272 e. The Hall–Kier alpha value is -3.80. The Labute approximate surface area is 221 Å². The summed E-state index contributed by atoms with van der Waals surface area (Å²) in [7, 11) is 0. The minimum Gasteiger partial charge on any atom is -0.335 e. The van der Waals surface area contributed by atoms with E-state index in [0.717, 1.165) is 35.5 Å². The first-order valence-corrected chi connectivity index (χ1v) is 12.6. The molecule has 0 saturated carbocycles. The van der Waals surface area contributed by atoms with Crippen LogP contribution < -0.4 is 0 Å². The van der Waals surface area contributed by atoms with Crippen molar-refractivity contribution in [1.82, 2.24) is 29.4 Å². The molecule has 0 radical (unpaired) electrons. The van der Waals surface area contributed by atoms with Crippen molar-refractivity contribution in [3.63, 3.8) is 0 Å². The van der Waals surface area contributed by atoms with E-state index in [1.807, 2.05) is 30.0 Å². The highest BCUT2D eigenvalue weighted by atomic mass is 35.5. The molecule has 4 heterocycles. The summed E-state index contributed by atoms with van der Waals surface area (Å²) in [6.07, 6.45) is 1.76. The molecule has 4 aromatic rings. The second kappa shape index (κ2) is 9.58. The van der Waals surface area contributed by atoms with Gasteiger partial charge < -0.3 is 4.90 Å². The zero-order chi connectivity index (χ0) is 26.3. The number of pyridine rings is 1. The number of benzene rings is 1. The monoisotopic (exact) mass is 513 g/mol. The summed E-state index contributed by atoms with van der Waals surface area (Å²) in [6, 6.07) is 14.9. The van der Waals surface area contributed by atoms with E-state index in [2.05, 4.69) is 36.7 Å². The molecule has 1 aliphatic rings. The summed E-state index contributed by atoms with van der Waals surface area (Å²) in [4.78, 5) is 26.8. The molecular weight excluding hydrogens is 486 g/mol. The first-order valence-electron chi connectivity index (χ1n) is 12.2. The number of hydrogen-bond acceptors (Lipinski definition) is 6. The number of carbonyl (C=O) groups is 1. The lowest BCUT2D eigenvalue weighted by Gasteiger charge is -2.42. The number of hydrogen-bond donors (Lipinski definition) is 0. The highest BCUT2D eigenvalue weighted by Crippen LogP contribution is 2.36. The SMILES string of the molecule is Cc1cc(-c2c(-c3cccc(C#N)c3)nn3ccc(C(=O)N4CCN(C(C)(C)C)CC4)nc23)cc(Cl)n1. The van der Waals surface area contributed by atoms with Gasteiger partial charge in [0.2, 0.25) is 0 Å². The quantitative estimate of drug-likeness (QED) is 0.364. The standard InChI is InChI=1S/C28H28ClN7O/c1-18-14-21(16-23(29)31-18)24-25(20-7-5-6-19(15-20)17-30)33-36-9-8-22(32-26(24)36)27(37)34-10-12-35(13-11-34)28(2,3)4/h5-9,14-16H,10-13H2,1-4H3. The van der Waals surface area contributed by atoms with Gasteiger partial charge in [0.15, 0.2) is 5.65 Å². The van der Waals surface area contributed by atoms with Gasteiger partial charge in [-0.15, -0.1) is 0 Å². The molecule has 1 aliphatic heterocycles. The van der Waals surface area contributed by atoms with E-state index in [1.165, 1.54) is 0 Å². The highest BCUT2D eigenvalue weighted by molar-refractivity contribution is 6.29. The van der Waals surface area contributed by atoms with Gasteiger partial charge in [0.1, 0.15) is 16.5 Å². The lowest BCUT2D eigenvalue weighted by Crippen LogP contribution is -2.54. The van der Waals surface area contributed by atoms with Crippen molar-refractivity contribution in [3.8, 4) is 28.5 Å². The second-order valence-corrected chi connectivity index (χ2v) is 10.7. The van der Waals surface area contributed by atoms with Gasteiger partial charge in [0.25, 0.3) is 5.91 Å². The van der Waals surface area contributed by atoms with Crippen molar-refractivity contribution in [3.05, 3.63) is 70.8 Å². The third-order valence-electron chi connectivity index (χ3n) is 6.70. The molecule has 1 aromatic carbocycles. The van der Waals surface area contributed by atoms with E-state index in [9.17, 15) is 10.1 Å². The van der Waals surface area contributed by atoms with Gasteiger partial charge in [-0.3, -0.25) is 9.69 Å². The van der Waals surface area contributed by atoms with Crippen LogP contribution in [-0.4, -0.2) is 67.0 Å². The number of rotatable bonds is 3. The molecule has 1 fully saturated rings. The Morgan fingerprint density at radius 3 is 2.46 bits per heavy atom. The molecule has 9 heteroatoms. The normalized spacial score (nSPS) is 14.6. The minimum atomic E-state index is -0.0971. The average molecular weight is 514 g/mol. The Morgan fingerprint density at radius 1 is 1.03 bits per heavy atom. The predicted molar refractivity (Wildman–Crippen MR) is 143 cm³/mol. The summed E-state index contributed by atoms with van der Waals surface area (Å²) in [5.41, 5.74) is 5.21. The molecule has 8 nitrogen and oxygen atoms in total. The van der Waals surface area contributed by atoms with Crippen LogP contribution in [0.3, 0.4) is 0 Å². The molecule has 0 aliphatic carbocycles. The number of aromatic nitrogens is 4. The van der Waals surface area contributed by atoms with Crippen LogP contribution in [0.25, 0.3) is 28.0 Å². The van der Waals surface area contributed by atoms with Gasteiger partial charge >= 0.3 is 0 Å². The van der Waals surface area contributed by atoms with Gasteiger partial charge in [-0.2, -0.15) is 10.4 Å². The summed E-state index contributed by atoms with van der Waals surface area (Å²) in [5.74, 6) is -0.0971. The maximum atomic E-state index is 13.5. The number of nitrogens with zero attached hydrogens (tertiary/aromatic N) is 7. The van der Waals surface area contributed by atoms with E-state index >= 15 is 0 Å². The van der Waals surface area contributed by atoms with E-state index in [0.29, 0.717) is 40.8 Å². The van der Waals surface area contributed by atoms with Crippen molar-refractivity contribution in [1.29, 1.82) is 5.26 Å². The average Bonchev–Trinajstić information content (AvgIpc) is 3.26. The van der Waals surface area contributed by atoms with Crippen LogP contribution in [0.15, 0.2) is 48.7 Å². The van der Waals surface area contributed by atoms with E-state index in [-0.39, 0.29) is 11.4 Å². The third kappa shape index (κ3) is 4.93. The summed E-state index contributed by atoms with van der Waals surface area (Å²) < 4.78 is 1.67. The number of carbonyl (C=O) groups excluding carboxylic acids is 1. The Morgan fingerprint density at radius 2 is 1.78 bits per heavy atom. The number of aryl methyl sites for hydroxylation is 1. The van der Waals surface area contributed by atoms with Crippen LogP contribution in [0.2, 0.25) is 5.15 Å².